The first kappa shape index (κ1) is 17.8. The van der Waals surface area contributed by atoms with E-state index in [9.17, 15) is 9.90 Å². The van der Waals surface area contributed by atoms with Gasteiger partial charge in [-0.2, -0.15) is 0 Å². The molecule has 0 bridgehead atoms. The van der Waals surface area contributed by atoms with Crippen molar-refractivity contribution in [3.05, 3.63) is 65.7 Å². The normalized spacial score (nSPS) is 13.6. The van der Waals surface area contributed by atoms with E-state index >= 15 is 0 Å². The molecule has 2 heterocycles. The number of nitrogens with zero attached hydrogens (tertiary/aromatic N) is 3. The zero-order valence-corrected chi connectivity index (χ0v) is 14.5. The van der Waals surface area contributed by atoms with Crippen molar-refractivity contribution >= 4 is 5.78 Å². The summed E-state index contributed by atoms with van der Waals surface area (Å²) in [5.41, 5.74) is 2.45. The highest BCUT2D eigenvalue weighted by Gasteiger charge is 2.26. The lowest BCUT2D eigenvalue weighted by atomic mass is 9.82. The molecule has 0 aliphatic rings. The van der Waals surface area contributed by atoms with E-state index < -0.39 is 0 Å². The van der Waals surface area contributed by atoms with Crippen molar-refractivity contribution in [3.63, 3.8) is 0 Å². The number of carbonyl (C=O) groups is 1. The van der Waals surface area contributed by atoms with Gasteiger partial charge in [0.05, 0.1) is 11.5 Å². The van der Waals surface area contributed by atoms with E-state index in [0.29, 0.717) is 6.42 Å². The zero-order valence-electron chi connectivity index (χ0n) is 14.5. The number of carbonyl (C=O) groups excluding carboxylic acids is 1. The van der Waals surface area contributed by atoms with E-state index in [4.69, 9.17) is 4.98 Å². The highest BCUT2D eigenvalue weighted by Crippen LogP contribution is 2.30. The van der Waals surface area contributed by atoms with E-state index in [1.807, 2.05) is 25.1 Å². The number of aromatic nitrogens is 3. The Morgan fingerprint density at radius 3 is 2.58 bits per heavy atom. The van der Waals surface area contributed by atoms with E-state index in [2.05, 4.69) is 23.8 Å². The Balaban J connectivity index is 2.27. The van der Waals surface area contributed by atoms with Crippen LogP contribution < -0.4 is 0 Å². The second kappa shape index (κ2) is 7.34. The Morgan fingerprint density at radius 2 is 1.96 bits per heavy atom. The topological polar surface area (TPSA) is 76.0 Å². The molecule has 0 aromatic carbocycles. The summed E-state index contributed by atoms with van der Waals surface area (Å²) in [4.78, 5) is 24.0. The molecular formula is C19H23N3O2. The molecule has 0 amide bonds. The maximum atomic E-state index is 11.1. The Kier molecular flexibility index (Phi) is 5.44. The summed E-state index contributed by atoms with van der Waals surface area (Å²) in [5.74, 6) is -0.0760. The van der Waals surface area contributed by atoms with Crippen molar-refractivity contribution in [1.82, 2.24) is 15.0 Å². The lowest BCUT2D eigenvalue weighted by Gasteiger charge is -2.25. The van der Waals surface area contributed by atoms with Crippen molar-refractivity contribution in [2.24, 2.45) is 0 Å². The number of aliphatic hydroxyl groups excluding tert-OH is 1. The smallest absolute Gasteiger partial charge is 0.155 e. The third kappa shape index (κ3) is 4.25. The first-order valence-corrected chi connectivity index (χ1v) is 7.93. The van der Waals surface area contributed by atoms with Crippen LogP contribution in [0.4, 0.5) is 0 Å². The maximum Gasteiger partial charge on any atom is 0.155 e. The second-order valence-corrected chi connectivity index (χ2v) is 6.55. The van der Waals surface area contributed by atoms with Gasteiger partial charge in [0.25, 0.3) is 0 Å². The summed E-state index contributed by atoms with van der Waals surface area (Å²) in [6.07, 6.45) is 6.74. The third-order valence-corrected chi connectivity index (χ3v) is 4.08. The number of aliphatic hydroxyl groups is 1. The van der Waals surface area contributed by atoms with Crippen LogP contribution >= 0.6 is 0 Å². The average Bonchev–Trinajstić information content (AvgIpc) is 2.55. The predicted molar refractivity (Wildman–Crippen MR) is 92.8 cm³/mol. The molecule has 24 heavy (non-hydrogen) atoms. The summed E-state index contributed by atoms with van der Waals surface area (Å²) in [7, 11) is 0. The van der Waals surface area contributed by atoms with Gasteiger partial charge in [0.15, 0.2) is 5.78 Å². The van der Waals surface area contributed by atoms with Crippen LogP contribution in [0.3, 0.4) is 0 Å². The van der Waals surface area contributed by atoms with Crippen LogP contribution in [0.5, 0.6) is 0 Å². The maximum absolute atomic E-state index is 11.1. The summed E-state index contributed by atoms with van der Waals surface area (Å²) in [6.45, 7) is 7.56. The number of rotatable bonds is 6. The molecule has 5 nitrogen and oxygen atoms in total. The Hall–Kier alpha value is -2.56. The molecule has 0 saturated heterocycles. The summed E-state index contributed by atoms with van der Waals surface area (Å²) in [5, 5.41) is 9.85. The molecule has 1 N–H and O–H groups in total. The first-order chi connectivity index (χ1) is 11.3. The molecule has 0 radical (unpaired) electrons. The number of pyridine rings is 1. The van der Waals surface area contributed by atoms with Gasteiger partial charge in [-0.3, -0.25) is 9.78 Å². The molecule has 2 aromatic rings. The Morgan fingerprint density at radius 1 is 1.29 bits per heavy atom. The number of ketones is 1. The van der Waals surface area contributed by atoms with Crippen molar-refractivity contribution in [1.29, 1.82) is 0 Å². The molecule has 0 saturated carbocycles. The minimum Gasteiger partial charge on any atom is -0.512 e. The number of hydrogen-bond donors (Lipinski definition) is 1. The molecule has 1 atom stereocenters. The van der Waals surface area contributed by atoms with Gasteiger partial charge >= 0.3 is 0 Å². The van der Waals surface area contributed by atoms with Crippen LogP contribution in [-0.4, -0.2) is 25.8 Å². The fourth-order valence-corrected chi connectivity index (χ4v) is 2.56. The van der Waals surface area contributed by atoms with Gasteiger partial charge in [-0.25, -0.2) is 9.97 Å². The van der Waals surface area contributed by atoms with Crippen LogP contribution in [0.1, 0.15) is 57.0 Å². The van der Waals surface area contributed by atoms with Gasteiger partial charge in [0.2, 0.25) is 0 Å². The largest absolute Gasteiger partial charge is 0.512 e. The Bertz CT molecular complexity index is 739. The summed E-state index contributed by atoms with van der Waals surface area (Å²) < 4.78 is 0. The van der Waals surface area contributed by atoms with Crippen molar-refractivity contribution in [3.8, 4) is 0 Å². The molecule has 0 aliphatic carbocycles. The van der Waals surface area contributed by atoms with Crippen molar-refractivity contribution < 1.29 is 9.90 Å². The molecule has 126 valence electrons. The standard InChI is InChI=1S/C19H23N3O2/c1-13(8-16(24)9-14(2)23)17-6-5-7-18(22-17)19(3,4)15-10-20-12-21-11-15/h5-7,9-13,24H,8H2,1-4H3/b16-9-. The van der Waals surface area contributed by atoms with Gasteiger partial charge in [-0.1, -0.05) is 26.8 Å². The highest BCUT2D eigenvalue weighted by molar-refractivity contribution is 5.87. The SMILES string of the molecule is CC(=O)/C=C(\O)CC(C)c1cccc(C(C)(C)c2cncnc2)n1. The lowest BCUT2D eigenvalue weighted by molar-refractivity contribution is -0.112. The van der Waals surface area contributed by atoms with E-state index in [-0.39, 0.29) is 22.9 Å². The molecule has 0 aliphatic heterocycles. The predicted octanol–water partition coefficient (Wildman–Crippen LogP) is 3.72. The monoisotopic (exact) mass is 325 g/mol. The van der Waals surface area contributed by atoms with Gasteiger partial charge in [0.1, 0.15) is 6.33 Å². The molecule has 0 fully saturated rings. The van der Waals surface area contributed by atoms with Crippen LogP contribution in [0, 0.1) is 0 Å². The third-order valence-electron chi connectivity index (χ3n) is 4.08. The number of hydrogen-bond acceptors (Lipinski definition) is 5. The van der Waals surface area contributed by atoms with E-state index in [1.54, 1.807) is 12.4 Å². The molecule has 5 heteroatoms. The van der Waals surface area contributed by atoms with E-state index in [1.165, 1.54) is 19.3 Å². The van der Waals surface area contributed by atoms with Crippen LogP contribution in [0.2, 0.25) is 0 Å². The van der Waals surface area contributed by atoms with Gasteiger partial charge < -0.3 is 5.11 Å². The quantitative estimate of drug-likeness (QED) is 0.647. The molecule has 1 unspecified atom stereocenters. The summed E-state index contributed by atoms with van der Waals surface area (Å²) >= 11 is 0. The molecule has 0 spiro atoms. The van der Waals surface area contributed by atoms with Crippen LogP contribution in [0.15, 0.2) is 48.8 Å². The Labute approximate surface area is 142 Å². The molecular weight excluding hydrogens is 302 g/mol. The average molecular weight is 325 g/mol. The highest BCUT2D eigenvalue weighted by atomic mass is 16.3. The van der Waals surface area contributed by atoms with Crippen molar-refractivity contribution in [2.45, 2.75) is 45.4 Å². The van der Waals surface area contributed by atoms with Gasteiger partial charge in [0, 0.05) is 47.5 Å². The van der Waals surface area contributed by atoms with Gasteiger partial charge in [-0.15, -0.1) is 0 Å². The number of allylic oxidation sites excluding steroid dienone is 2. The minimum absolute atomic E-state index is 0.00312. The van der Waals surface area contributed by atoms with Crippen molar-refractivity contribution in [2.75, 3.05) is 0 Å². The zero-order chi connectivity index (χ0) is 17.7. The summed E-state index contributed by atoms with van der Waals surface area (Å²) in [6, 6.07) is 5.88. The lowest BCUT2D eigenvalue weighted by Crippen LogP contribution is -2.22. The molecule has 2 rings (SSSR count). The minimum atomic E-state index is -0.325. The van der Waals surface area contributed by atoms with Crippen LogP contribution in [-0.2, 0) is 10.2 Å². The molecule has 2 aromatic heterocycles. The van der Waals surface area contributed by atoms with Crippen LogP contribution in [0.25, 0.3) is 0 Å². The van der Waals surface area contributed by atoms with E-state index in [0.717, 1.165) is 17.0 Å². The fraction of sp³-hybridized carbons (Fsp3) is 0.368. The second-order valence-electron chi connectivity index (χ2n) is 6.55. The van der Waals surface area contributed by atoms with Gasteiger partial charge in [-0.05, 0) is 19.1 Å². The first-order valence-electron chi connectivity index (χ1n) is 7.93. The fourth-order valence-electron chi connectivity index (χ4n) is 2.56.